The Labute approximate surface area is 136 Å². The zero-order valence-electron chi connectivity index (χ0n) is 14.4. The van der Waals surface area contributed by atoms with E-state index in [-0.39, 0.29) is 6.04 Å². The summed E-state index contributed by atoms with van der Waals surface area (Å²) in [5, 5.41) is 9.22. The van der Waals surface area contributed by atoms with Crippen LogP contribution in [0.2, 0.25) is 0 Å². The van der Waals surface area contributed by atoms with E-state index in [4.69, 9.17) is 4.42 Å². The summed E-state index contributed by atoms with van der Waals surface area (Å²) in [7, 11) is 6.07. The van der Waals surface area contributed by atoms with Crippen molar-refractivity contribution >= 4 is 16.8 Å². The van der Waals surface area contributed by atoms with Gasteiger partial charge in [-0.1, -0.05) is 18.2 Å². The molecular formula is C18H24N4O. The molecule has 1 atom stereocenters. The minimum Gasteiger partial charge on any atom is -0.459 e. The zero-order chi connectivity index (χ0) is 16.6. The maximum atomic E-state index is 5.94. The Morgan fingerprint density at radius 2 is 2.04 bits per heavy atom. The lowest BCUT2D eigenvalue weighted by molar-refractivity contribution is 0.450. The summed E-state index contributed by atoms with van der Waals surface area (Å²) >= 11 is 0. The molecule has 23 heavy (non-hydrogen) atoms. The maximum absolute atomic E-state index is 5.94. The number of nitrogens with one attached hydrogen (secondary N) is 1. The molecule has 1 unspecified atom stereocenters. The molecule has 1 aromatic carbocycles. The largest absolute Gasteiger partial charge is 0.459 e. The van der Waals surface area contributed by atoms with E-state index in [1.165, 1.54) is 5.56 Å². The molecule has 1 N–H and O–H groups in total. The van der Waals surface area contributed by atoms with Crippen molar-refractivity contribution in [3.8, 4) is 0 Å². The van der Waals surface area contributed by atoms with Crippen LogP contribution in [0.3, 0.4) is 0 Å². The second-order valence-corrected chi connectivity index (χ2v) is 6.19. The van der Waals surface area contributed by atoms with Crippen molar-refractivity contribution in [2.24, 2.45) is 7.05 Å². The van der Waals surface area contributed by atoms with Crippen LogP contribution in [0.25, 0.3) is 11.0 Å². The van der Waals surface area contributed by atoms with E-state index in [1.807, 2.05) is 44.0 Å². The Kier molecular flexibility index (Phi) is 4.13. The quantitative estimate of drug-likeness (QED) is 0.784. The molecule has 0 aliphatic heterocycles. The number of hydrogen-bond donors (Lipinski definition) is 1. The Morgan fingerprint density at radius 1 is 1.30 bits per heavy atom. The number of aryl methyl sites for hydroxylation is 2. The van der Waals surface area contributed by atoms with E-state index >= 15 is 0 Å². The molecule has 3 aromatic rings. The third-order valence-electron chi connectivity index (χ3n) is 4.19. The first-order valence-electron chi connectivity index (χ1n) is 7.89. The van der Waals surface area contributed by atoms with Gasteiger partial charge in [-0.2, -0.15) is 5.10 Å². The van der Waals surface area contributed by atoms with E-state index < -0.39 is 0 Å². The first kappa shape index (κ1) is 15.6. The van der Waals surface area contributed by atoms with Gasteiger partial charge in [0.15, 0.2) is 0 Å². The molecule has 0 saturated heterocycles. The lowest BCUT2D eigenvalue weighted by Gasteiger charge is -2.17. The number of para-hydroxylation sites is 1. The van der Waals surface area contributed by atoms with Crippen LogP contribution in [-0.4, -0.2) is 23.9 Å². The molecule has 0 fully saturated rings. The van der Waals surface area contributed by atoms with Gasteiger partial charge in [-0.25, -0.2) is 0 Å². The molecule has 3 rings (SSSR count). The van der Waals surface area contributed by atoms with Crippen LogP contribution in [0.5, 0.6) is 0 Å². The van der Waals surface area contributed by atoms with Gasteiger partial charge in [0.2, 0.25) is 0 Å². The molecule has 5 nitrogen and oxygen atoms in total. The Balaban J connectivity index is 1.78. The highest BCUT2D eigenvalue weighted by molar-refractivity contribution is 5.77. The molecule has 2 aromatic heterocycles. The molecule has 0 radical (unpaired) electrons. The molecule has 0 aliphatic rings. The van der Waals surface area contributed by atoms with Crippen LogP contribution in [-0.2, 0) is 13.6 Å². The lowest BCUT2D eigenvalue weighted by atomic mass is 10.2. The van der Waals surface area contributed by atoms with Crippen molar-refractivity contribution in [1.82, 2.24) is 15.1 Å². The number of rotatable bonds is 5. The maximum Gasteiger partial charge on any atom is 0.134 e. The molecule has 5 heteroatoms. The van der Waals surface area contributed by atoms with Gasteiger partial charge < -0.3 is 14.6 Å². The van der Waals surface area contributed by atoms with Crippen molar-refractivity contribution in [2.45, 2.75) is 26.4 Å². The third-order valence-corrected chi connectivity index (χ3v) is 4.19. The fourth-order valence-corrected chi connectivity index (χ4v) is 3.03. The summed E-state index contributed by atoms with van der Waals surface area (Å²) in [5.41, 5.74) is 3.21. The monoisotopic (exact) mass is 312 g/mol. The van der Waals surface area contributed by atoms with E-state index in [1.54, 1.807) is 0 Å². The minimum absolute atomic E-state index is 0.136. The van der Waals surface area contributed by atoms with Crippen molar-refractivity contribution in [1.29, 1.82) is 0 Å². The number of anilines is 1. The van der Waals surface area contributed by atoms with Crippen molar-refractivity contribution < 1.29 is 4.42 Å². The first-order valence-corrected chi connectivity index (χ1v) is 7.89. The topological polar surface area (TPSA) is 46.2 Å². The molecule has 0 bridgehead atoms. The smallest absolute Gasteiger partial charge is 0.134 e. The van der Waals surface area contributed by atoms with Crippen LogP contribution in [0.15, 0.2) is 34.7 Å². The fourth-order valence-electron chi connectivity index (χ4n) is 3.03. The average Bonchev–Trinajstić information content (AvgIpc) is 3.05. The van der Waals surface area contributed by atoms with Gasteiger partial charge in [0, 0.05) is 38.6 Å². The Hall–Kier alpha value is -2.27. The van der Waals surface area contributed by atoms with Gasteiger partial charge in [-0.3, -0.25) is 4.68 Å². The minimum atomic E-state index is 0.136. The number of aromatic nitrogens is 2. The van der Waals surface area contributed by atoms with Gasteiger partial charge >= 0.3 is 0 Å². The highest BCUT2D eigenvalue weighted by Gasteiger charge is 2.17. The van der Waals surface area contributed by atoms with Gasteiger partial charge in [0.25, 0.3) is 0 Å². The lowest BCUT2D eigenvalue weighted by Crippen LogP contribution is -2.21. The van der Waals surface area contributed by atoms with Crippen LogP contribution in [0, 0.1) is 6.92 Å². The second-order valence-electron chi connectivity index (χ2n) is 6.19. The van der Waals surface area contributed by atoms with E-state index in [0.29, 0.717) is 0 Å². The van der Waals surface area contributed by atoms with Gasteiger partial charge in [0.05, 0.1) is 11.7 Å². The van der Waals surface area contributed by atoms with Crippen LogP contribution < -0.4 is 10.2 Å². The third kappa shape index (κ3) is 2.97. The number of hydrogen-bond acceptors (Lipinski definition) is 4. The molecule has 0 saturated carbocycles. The normalized spacial score (nSPS) is 12.7. The van der Waals surface area contributed by atoms with Gasteiger partial charge in [-0.15, -0.1) is 0 Å². The summed E-state index contributed by atoms with van der Waals surface area (Å²) in [4.78, 5) is 2.10. The van der Waals surface area contributed by atoms with Crippen molar-refractivity contribution in [2.75, 3.05) is 19.0 Å². The molecule has 0 aliphatic carbocycles. The Bertz CT molecular complexity index is 783. The van der Waals surface area contributed by atoms with E-state index in [2.05, 4.69) is 41.3 Å². The summed E-state index contributed by atoms with van der Waals surface area (Å²) in [6.45, 7) is 4.93. The van der Waals surface area contributed by atoms with Crippen molar-refractivity contribution in [3.63, 3.8) is 0 Å². The van der Waals surface area contributed by atoms with Crippen LogP contribution in [0.4, 0.5) is 5.82 Å². The van der Waals surface area contributed by atoms with Crippen LogP contribution in [0.1, 0.15) is 30.0 Å². The molecular weight excluding hydrogens is 288 g/mol. The summed E-state index contributed by atoms with van der Waals surface area (Å²) in [6.07, 6.45) is 0. The average molecular weight is 312 g/mol. The zero-order valence-corrected chi connectivity index (χ0v) is 14.4. The standard InChI is InChI=1S/C18H24N4O/c1-12-15(18(21(3)4)22(5)20-12)11-19-13(2)17-10-14-8-6-7-9-16(14)23-17/h6-10,13,19H,11H2,1-5H3. The SMILES string of the molecule is Cc1nn(C)c(N(C)C)c1CNC(C)c1cc2ccccc2o1. The molecule has 0 amide bonds. The van der Waals surface area contributed by atoms with Crippen LogP contribution >= 0.6 is 0 Å². The van der Waals surface area contributed by atoms with Crippen molar-refractivity contribution in [3.05, 3.63) is 47.3 Å². The highest BCUT2D eigenvalue weighted by atomic mass is 16.3. The Morgan fingerprint density at radius 3 is 2.74 bits per heavy atom. The number of benzene rings is 1. The molecule has 0 spiro atoms. The summed E-state index contributed by atoms with van der Waals surface area (Å²) in [5.74, 6) is 2.09. The first-order chi connectivity index (χ1) is 11.0. The molecule has 2 heterocycles. The summed E-state index contributed by atoms with van der Waals surface area (Å²) in [6, 6.07) is 10.3. The van der Waals surface area contributed by atoms with Gasteiger partial charge in [-0.05, 0) is 26.0 Å². The van der Waals surface area contributed by atoms with Gasteiger partial charge in [0.1, 0.15) is 17.2 Å². The molecule has 122 valence electrons. The number of nitrogens with zero attached hydrogens (tertiary/aromatic N) is 3. The van der Waals surface area contributed by atoms with E-state index in [9.17, 15) is 0 Å². The predicted octanol–water partition coefficient (Wildman–Crippen LogP) is 3.39. The second kappa shape index (κ2) is 6.08. The predicted molar refractivity (Wildman–Crippen MR) is 93.7 cm³/mol. The van der Waals surface area contributed by atoms with E-state index in [0.717, 1.165) is 34.8 Å². The number of furan rings is 1. The fraction of sp³-hybridized carbons (Fsp3) is 0.389. The summed E-state index contributed by atoms with van der Waals surface area (Å²) < 4.78 is 7.87. The highest BCUT2D eigenvalue weighted by Crippen LogP contribution is 2.25. The number of fused-ring (bicyclic) bond motifs is 1.